The predicted molar refractivity (Wildman–Crippen MR) is 85.0 cm³/mol. The van der Waals surface area contributed by atoms with Gasteiger partial charge in [-0.05, 0) is 18.1 Å². The highest BCUT2D eigenvalue weighted by molar-refractivity contribution is 5.18. The average molecular weight is 285 g/mol. The molecule has 2 N–H and O–H groups in total. The van der Waals surface area contributed by atoms with Gasteiger partial charge in [0.05, 0.1) is 19.3 Å². The van der Waals surface area contributed by atoms with Gasteiger partial charge in [-0.2, -0.15) is 0 Å². The molecule has 0 aliphatic carbocycles. The van der Waals surface area contributed by atoms with E-state index < -0.39 is 6.10 Å². The molecule has 0 aliphatic rings. The van der Waals surface area contributed by atoms with Crippen LogP contribution in [0.2, 0.25) is 0 Å². The van der Waals surface area contributed by atoms with E-state index in [9.17, 15) is 5.11 Å². The molecule has 0 bridgehead atoms. The van der Waals surface area contributed by atoms with Crippen molar-refractivity contribution in [1.29, 1.82) is 0 Å². The Hall–Kier alpha value is -1.68. The summed E-state index contributed by atoms with van der Waals surface area (Å²) in [4.78, 5) is 0. The van der Waals surface area contributed by atoms with Crippen molar-refractivity contribution in [1.82, 2.24) is 5.32 Å². The van der Waals surface area contributed by atoms with E-state index in [1.54, 1.807) is 0 Å². The maximum Gasteiger partial charge on any atom is 0.0940 e. The van der Waals surface area contributed by atoms with Crippen LogP contribution < -0.4 is 5.32 Å². The van der Waals surface area contributed by atoms with Crippen molar-refractivity contribution in [3.05, 3.63) is 71.8 Å². The Morgan fingerprint density at radius 2 is 1.62 bits per heavy atom. The molecule has 0 amide bonds. The van der Waals surface area contributed by atoms with Crippen molar-refractivity contribution in [2.45, 2.75) is 25.7 Å². The highest BCUT2D eigenvalue weighted by atomic mass is 16.5. The first-order valence-corrected chi connectivity index (χ1v) is 7.35. The maximum absolute atomic E-state index is 10.2. The third-order valence-electron chi connectivity index (χ3n) is 3.44. The lowest BCUT2D eigenvalue weighted by Crippen LogP contribution is -2.34. The predicted octanol–water partition coefficient (Wildman–Crippen LogP) is 2.91. The van der Waals surface area contributed by atoms with Gasteiger partial charge in [-0.25, -0.2) is 0 Å². The zero-order valence-corrected chi connectivity index (χ0v) is 12.4. The van der Waals surface area contributed by atoms with Crippen LogP contribution in [-0.4, -0.2) is 24.3 Å². The second kappa shape index (κ2) is 8.57. The third-order valence-corrected chi connectivity index (χ3v) is 3.44. The Labute approximate surface area is 126 Å². The fourth-order valence-electron chi connectivity index (χ4n) is 2.17. The number of aliphatic hydroxyl groups is 1. The molecule has 2 aromatic carbocycles. The highest BCUT2D eigenvalue weighted by Gasteiger charge is 2.14. The number of hydrogen-bond donors (Lipinski definition) is 2. The molecule has 0 unspecified atom stereocenters. The number of hydrogen-bond acceptors (Lipinski definition) is 3. The summed E-state index contributed by atoms with van der Waals surface area (Å²) in [6.07, 6.45) is -0.500. The molecular formula is C18H23NO2. The number of rotatable bonds is 8. The molecular weight excluding hydrogens is 262 g/mol. The largest absolute Gasteiger partial charge is 0.387 e. The van der Waals surface area contributed by atoms with Crippen molar-refractivity contribution in [3.63, 3.8) is 0 Å². The summed E-state index contributed by atoms with van der Waals surface area (Å²) in [6.45, 7) is 3.95. The molecule has 2 rings (SSSR count). The summed E-state index contributed by atoms with van der Waals surface area (Å²) in [6, 6.07) is 19.8. The molecule has 21 heavy (non-hydrogen) atoms. The molecule has 0 spiro atoms. The minimum absolute atomic E-state index is 0.00674. The van der Waals surface area contributed by atoms with E-state index in [0.717, 1.165) is 12.1 Å². The maximum atomic E-state index is 10.2. The van der Waals surface area contributed by atoms with Crippen LogP contribution in [0.4, 0.5) is 0 Å². The Bertz CT molecular complexity index is 501. The lowest BCUT2D eigenvalue weighted by atomic mass is 10.0. The van der Waals surface area contributed by atoms with Gasteiger partial charge in [-0.15, -0.1) is 0 Å². The van der Waals surface area contributed by atoms with Crippen LogP contribution in [0.25, 0.3) is 0 Å². The summed E-state index contributed by atoms with van der Waals surface area (Å²) in [5, 5.41) is 13.5. The quantitative estimate of drug-likeness (QED) is 0.733. The van der Waals surface area contributed by atoms with Gasteiger partial charge in [-0.1, -0.05) is 60.7 Å². The van der Waals surface area contributed by atoms with Gasteiger partial charge in [0, 0.05) is 12.6 Å². The van der Waals surface area contributed by atoms with Gasteiger partial charge < -0.3 is 15.2 Å². The molecule has 0 radical (unpaired) electrons. The molecule has 0 aromatic heterocycles. The van der Waals surface area contributed by atoms with Gasteiger partial charge in [0.15, 0.2) is 0 Å². The van der Waals surface area contributed by atoms with Crippen molar-refractivity contribution in [3.8, 4) is 0 Å². The summed E-state index contributed by atoms with van der Waals surface area (Å²) in [7, 11) is 0. The summed E-state index contributed by atoms with van der Waals surface area (Å²) >= 11 is 0. The monoisotopic (exact) mass is 285 g/mol. The third kappa shape index (κ3) is 5.31. The lowest BCUT2D eigenvalue weighted by Gasteiger charge is -2.20. The minimum atomic E-state index is -0.500. The van der Waals surface area contributed by atoms with Gasteiger partial charge in [0.25, 0.3) is 0 Å². The number of nitrogens with one attached hydrogen (secondary N) is 1. The normalized spacial score (nSPS) is 13.8. The topological polar surface area (TPSA) is 41.5 Å². The first kappa shape index (κ1) is 15.7. The smallest absolute Gasteiger partial charge is 0.0940 e. The standard InChI is InChI=1S/C18H23NO2/c1-15(18(20)17-10-6-3-7-11-17)19-12-13-21-14-16-8-4-2-5-9-16/h2-11,15,18-20H,12-14H2,1H3/t15-,18-/m0/s1. The van der Waals surface area contributed by atoms with Gasteiger partial charge in [0.2, 0.25) is 0 Å². The van der Waals surface area contributed by atoms with Crippen LogP contribution >= 0.6 is 0 Å². The Kier molecular flexibility index (Phi) is 6.41. The first-order valence-electron chi connectivity index (χ1n) is 7.35. The van der Waals surface area contributed by atoms with Gasteiger partial charge in [-0.3, -0.25) is 0 Å². The van der Waals surface area contributed by atoms with Crippen molar-refractivity contribution in [2.24, 2.45) is 0 Å². The fourth-order valence-corrected chi connectivity index (χ4v) is 2.17. The van der Waals surface area contributed by atoms with Crippen LogP contribution in [0.15, 0.2) is 60.7 Å². The molecule has 0 aliphatic heterocycles. The van der Waals surface area contributed by atoms with Crippen molar-refractivity contribution >= 4 is 0 Å². The molecule has 3 heteroatoms. The van der Waals surface area contributed by atoms with Crippen molar-refractivity contribution in [2.75, 3.05) is 13.2 Å². The number of ether oxygens (including phenoxy) is 1. The van der Waals surface area contributed by atoms with Crippen LogP contribution in [0.1, 0.15) is 24.2 Å². The zero-order valence-electron chi connectivity index (χ0n) is 12.4. The average Bonchev–Trinajstić information content (AvgIpc) is 2.55. The Morgan fingerprint density at radius 1 is 1.00 bits per heavy atom. The lowest BCUT2D eigenvalue weighted by molar-refractivity contribution is 0.103. The van der Waals surface area contributed by atoms with Gasteiger partial charge >= 0.3 is 0 Å². The van der Waals surface area contributed by atoms with Crippen LogP contribution in [0.5, 0.6) is 0 Å². The van der Waals surface area contributed by atoms with E-state index in [-0.39, 0.29) is 6.04 Å². The first-order chi connectivity index (χ1) is 10.3. The summed E-state index contributed by atoms with van der Waals surface area (Å²) in [5.74, 6) is 0. The SMILES string of the molecule is C[C@H](NCCOCc1ccccc1)[C@H](O)c1ccccc1. The summed E-state index contributed by atoms with van der Waals surface area (Å²) in [5.41, 5.74) is 2.11. The van der Waals surface area contributed by atoms with Crippen molar-refractivity contribution < 1.29 is 9.84 Å². The van der Waals surface area contributed by atoms with Crippen LogP contribution in [0.3, 0.4) is 0 Å². The zero-order chi connectivity index (χ0) is 14.9. The van der Waals surface area contributed by atoms with Crippen LogP contribution in [-0.2, 0) is 11.3 Å². The molecule has 2 aromatic rings. The van der Waals surface area contributed by atoms with E-state index in [4.69, 9.17) is 4.74 Å². The second-order valence-corrected chi connectivity index (χ2v) is 5.14. The van der Waals surface area contributed by atoms with E-state index in [1.807, 2.05) is 55.5 Å². The Balaban J connectivity index is 1.64. The van der Waals surface area contributed by atoms with E-state index >= 15 is 0 Å². The fraction of sp³-hybridized carbons (Fsp3) is 0.333. The highest BCUT2D eigenvalue weighted by Crippen LogP contribution is 2.15. The minimum Gasteiger partial charge on any atom is -0.387 e. The molecule has 0 heterocycles. The van der Waals surface area contributed by atoms with E-state index in [0.29, 0.717) is 13.2 Å². The Morgan fingerprint density at radius 3 is 2.29 bits per heavy atom. The summed E-state index contributed by atoms with van der Waals surface area (Å²) < 4.78 is 5.61. The van der Waals surface area contributed by atoms with Crippen LogP contribution in [0, 0.1) is 0 Å². The van der Waals surface area contributed by atoms with E-state index in [1.165, 1.54) is 5.56 Å². The van der Waals surface area contributed by atoms with E-state index in [2.05, 4.69) is 17.4 Å². The molecule has 112 valence electrons. The molecule has 0 saturated heterocycles. The molecule has 0 fully saturated rings. The number of benzene rings is 2. The molecule has 3 nitrogen and oxygen atoms in total. The molecule has 0 saturated carbocycles. The molecule has 2 atom stereocenters. The van der Waals surface area contributed by atoms with Gasteiger partial charge in [0.1, 0.15) is 0 Å². The number of aliphatic hydroxyl groups excluding tert-OH is 1. The second-order valence-electron chi connectivity index (χ2n) is 5.14.